The Balaban J connectivity index is 2.12. The summed E-state index contributed by atoms with van der Waals surface area (Å²) in [6.07, 6.45) is 6.54. The highest BCUT2D eigenvalue weighted by Gasteiger charge is 2.00. The Bertz CT molecular complexity index is 276. The Labute approximate surface area is 90.9 Å². The number of rotatable bonds is 7. The second kappa shape index (κ2) is 7.35. The normalized spacial score (nSPS) is 10.5. The van der Waals surface area contributed by atoms with Gasteiger partial charge in [0.15, 0.2) is 0 Å². The Morgan fingerprint density at radius 1 is 1.33 bits per heavy atom. The lowest BCUT2D eigenvalue weighted by Gasteiger charge is -2.04. The van der Waals surface area contributed by atoms with Gasteiger partial charge < -0.3 is 5.32 Å². The molecule has 15 heavy (non-hydrogen) atoms. The van der Waals surface area contributed by atoms with Gasteiger partial charge in [-0.3, -0.25) is 4.98 Å². The van der Waals surface area contributed by atoms with Crippen molar-refractivity contribution in [2.75, 3.05) is 6.54 Å². The first-order valence-corrected chi connectivity index (χ1v) is 5.64. The molecule has 3 heteroatoms. The number of aromatic nitrogens is 1. The SMILES string of the molecule is CCCCCCNCc1ncccc1F. The Kier molecular flexibility index (Phi) is 5.93. The van der Waals surface area contributed by atoms with Crippen LogP contribution in [0.25, 0.3) is 0 Å². The minimum atomic E-state index is -0.224. The van der Waals surface area contributed by atoms with Gasteiger partial charge in [0, 0.05) is 12.7 Å². The molecule has 0 unspecified atom stereocenters. The average Bonchev–Trinajstić information content (AvgIpc) is 2.25. The third-order valence-electron chi connectivity index (χ3n) is 2.33. The summed E-state index contributed by atoms with van der Waals surface area (Å²) in [6.45, 7) is 3.66. The fourth-order valence-electron chi connectivity index (χ4n) is 1.43. The summed E-state index contributed by atoms with van der Waals surface area (Å²) in [4.78, 5) is 3.97. The summed E-state index contributed by atoms with van der Waals surface area (Å²) in [7, 11) is 0. The Morgan fingerprint density at radius 2 is 2.20 bits per heavy atom. The number of hydrogen-bond acceptors (Lipinski definition) is 2. The van der Waals surface area contributed by atoms with Crippen LogP contribution < -0.4 is 5.32 Å². The van der Waals surface area contributed by atoms with Crippen molar-refractivity contribution < 1.29 is 4.39 Å². The first-order chi connectivity index (χ1) is 7.34. The molecule has 0 aromatic carbocycles. The molecule has 0 radical (unpaired) electrons. The zero-order valence-corrected chi connectivity index (χ0v) is 9.30. The quantitative estimate of drug-likeness (QED) is 0.700. The van der Waals surface area contributed by atoms with Crippen molar-refractivity contribution >= 4 is 0 Å². The van der Waals surface area contributed by atoms with Crippen molar-refractivity contribution in [2.24, 2.45) is 0 Å². The maximum atomic E-state index is 13.1. The van der Waals surface area contributed by atoms with Crippen LogP contribution in [0, 0.1) is 5.82 Å². The molecule has 1 aromatic rings. The Morgan fingerprint density at radius 3 is 2.93 bits per heavy atom. The van der Waals surface area contributed by atoms with E-state index >= 15 is 0 Å². The molecule has 0 bridgehead atoms. The summed E-state index contributed by atoms with van der Waals surface area (Å²) in [5, 5.41) is 3.20. The van der Waals surface area contributed by atoms with Gasteiger partial charge in [0.05, 0.1) is 5.69 Å². The van der Waals surface area contributed by atoms with Crippen molar-refractivity contribution in [3.63, 3.8) is 0 Å². The first kappa shape index (κ1) is 12.1. The van der Waals surface area contributed by atoms with E-state index in [1.807, 2.05) is 0 Å². The van der Waals surface area contributed by atoms with Gasteiger partial charge in [0.2, 0.25) is 0 Å². The number of unbranched alkanes of at least 4 members (excludes halogenated alkanes) is 3. The lowest BCUT2D eigenvalue weighted by molar-refractivity contribution is 0.556. The summed E-state index contributed by atoms with van der Waals surface area (Å²) < 4.78 is 13.1. The van der Waals surface area contributed by atoms with E-state index in [1.165, 1.54) is 25.3 Å². The largest absolute Gasteiger partial charge is 0.311 e. The molecule has 84 valence electrons. The monoisotopic (exact) mass is 210 g/mol. The van der Waals surface area contributed by atoms with Crippen molar-refractivity contribution in [3.05, 3.63) is 29.8 Å². The highest BCUT2D eigenvalue weighted by Crippen LogP contribution is 2.02. The number of halogens is 1. The molecule has 0 aliphatic heterocycles. The maximum absolute atomic E-state index is 13.1. The van der Waals surface area contributed by atoms with Crippen LogP contribution in [0.5, 0.6) is 0 Å². The van der Waals surface area contributed by atoms with Crippen LogP contribution in [-0.2, 0) is 6.54 Å². The highest BCUT2D eigenvalue weighted by atomic mass is 19.1. The van der Waals surface area contributed by atoms with Gasteiger partial charge in [-0.2, -0.15) is 0 Å². The summed E-state index contributed by atoms with van der Waals surface area (Å²) in [5.74, 6) is -0.224. The summed E-state index contributed by atoms with van der Waals surface area (Å²) >= 11 is 0. The van der Waals surface area contributed by atoms with E-state index in [2.05, 4.69) is 17.2 Å². The van der Waals surface area contributed by atoms with Crippen molar-refractivity contribution in [2.45, 2.75) is 39.2 Å². The van der Waals surface area contributed by atoms with E-state index in [0.29, 0.717) is 12.2 Å². The van der Waals surface area contributed by atoms with Crippen LogP contribution in [0.4, 0.5) is 4.39 Å². The van der Waals surface area contributed by atoms with Gasteiger partial charge in [0.25, 0.3) is 0 Å². The molecule has 0 spiro atoms. The predicted molar refractivity (Wildman–Crippen MR) is 60.0 cm³/mol. The fourth-order valence-corrected chi connectivity index (χ4v) is 1.43. The molecule has 2 nitrogen and oxygen atoms in total. The van der Waals surface area contributed by atoms with Gasteiger partial charge in [-0.15, -0.1) is 0 Å². The molecule has 0 fully saturated rings. The van der Waals surface area contributed by atoms with E-state index in [9.17, 15) is 4.39 Å². The van der Waals surface area contributed by atoms with Crippen molar-refractivity contribution in [1.29, 1.82) is 0 Å². The molecule has 0 atom stereocenters. The molecular formula is C12H19FN2. The number of nitrogens with one attached hydrogen (secondary N) is 1. The zero-order chi connectivity index (χ0) is 10.9. The summed E-state index contributed by atoms with van der Waals surface area (Å²) in [6, 6.07) is 3.06. The van der Waals surface area contributed by atoms with Crippen LogP contribution in [0.15, 0.2) is 18.3 Å². The topological polar surface area (TPSA) is 24.9 Å². The Hall–Kier alpha value is -0.960. The third kappa shape index (κ3) is 4.88. The van der Waals surface area contributed by atoms with Gasteiger partial charge >= 0.3 is 0 Å². The molecule has 0 saturated carbocycles. The van der Waals surface area contributed by atoms with Crippen LogP contribution in [0.3, 0.4) is 0 Å². The molecule has 1 aromatic heterocycles. The van der Waals surface area contributed by atoms with Crippen LogP contribution in [0.1, 0.15) is 38.3 Å². The molecule has 0 aliphatic rings. The third-order valence-corrected chi connectivity index (χ3v) is 2.33. The minimum absolute atomic E-state index is 0.224. The van der Waals surface area contributed by atoms with Gasteiger partial charge in [0.1, 0.15) is 5.82 Å². The average molecular weight is 210 g/mol. The van der Waals surface area contributed by atoms with E-state index in [0.717, 1.165) is 13.0 Å². The number of nitrogens with zero attached hydrogens (tertiary/aromatic N) is 1. The summed E-state index contributed by atoms with van der Waals surface area (Å²) in [5.41, 5.74) is 0.507. The van der Waals surface area contributed by atoms with Gasteiger partial charge in [-0.1, -0.05) is 26.2 Å². The molecule has 1 N–H and O–H groups in total. The second-order valence-electron chi connectivity index (χ2n) is 3.67. The van der Waals surface area contributed by atoms with E-state index in [1.54, 1.807) is 12.3 Å². The lowest BCUT2D eigenvalue weighted by atomic mass is 10.2. The van der Waals surface area contributed by atoms with Gasteiger partial charge in [-0.25, -0.2) is 4.39 Å². The van der Waals surface area contributed by atoms with Crippen molar-refractivity contribution in [1.82, 2.24) is 10.3 Å². The minimum Gasteiger partial charge on any atom is -0.311 e. The predicted octanol–water partition coefficient (Wildman–Crippen LogP) is 2.89. The maximum Gasteiger partial charge on any atom is 0.146 e. The van der Waals surface area contributed by atoms with Crippen LogP contribution in [0.2, 0.25) is 0 Å². The van der Waals surface area contributed by atoms with E-state index in [-0.39, 0.29) is 5.82 Å². The molecule has 0 saturated heterocycles. The zero-order valence-electron chi connectivity index (χ0n) is 9.30. The highest BCUT2D eigenvalue weighted by molar-refractivity contribution is 5.06. The van der Waals surface area contributed by atoms with Crippen molar-refractivity contribution in [3.8, 4) is 0 Å². The fraction of sp³-hybridized carbons (Fsp3) is 0.583. The van der Waals surface area contributed by atoms with E-state index < -0.39 is 0 Å². The number of hydrogen-bond donors (Lipinski definition) is 1. The molecule has 1 heterocycles. The lowest BCUT2D eigenvalue weighted by Crippen LogP contribution is -2.16. The standard InChI is InChI=1S/C12H19FN2/c1-2-3-4-5-8-14-10-12-11(13)7-6-9-15-12/h6-7,9,14H,2-5,8,10H2,1H3. The number of pyridine rings is 1. The van der Waals surface area contributed by atoms with Gasteiger partial charge in [-0.05, 0) is 25.1 Å². The second-order valence-corrected chi connectivity index (χ2v) is 3.67. The van der Waals surface area contributed by atoms with E-state index in [4.69, 9.17) is 0 Å². The molecule has 0 aliphatic carbocycles. The first-order valence-electron chi connectivity index (χ1n) is 5.64. The van der Waals surface area contributed by atoms with Crippen LogP contribution >= 0.6 is 0 Å². The molecular weight excluding hydrogens is 191 g/mol. The molecule has 0 amide bonds. The van der Waals surface area contributed by atoms with Crippen LogP contribution in [-0.4, -0.2) is 11.5 Å². The smallest absolute Gasteiger partial charge is 0.146 e. The molecule has 1 rings (SSSR count).